The van der Waals surface area contributed by atoms with E-state index in [0.717, 1.165) is 72.3 Å². The summed E-state index contributed by atoms with van der Waals surface area (Å²) in [4.78, 5) is 26.1. The molecule has 1 aliphatic heterocycles. The fourth-order valence-electron chi connectivity index (χ4n) is 4.37. The number of aromatic amines is 1. The van der Waals surface area contributed by atoms with Crippen LogP contribution < -0.4 is 14.2 Å². The van der Waals surface area contributed by atoms with E-state index in [9.17, 15) is 4.79 Å². The standard InChI is InChI=1S/C26H28N4O5/c1-17(31)35-18-4-5-22-19(12-18)21(15-27-22)26-20-13-24(32-2)25(14-23(20)28-16-29-26)34-9-3-6-30-7-10-33-11-8-30/h4-5,12-16,27H,3,6-11H2,1-2H3. The molecule has 9 nitrogen and oxygen atoms in total. The first-order valence-corrected chi connectivity index (χ1v) is 11.7. The SMILES string of the molecule is COc1cc2c(-c3c[nH]c4ccc(OC(C)=O)cc34)ncnc2cc1OCCCN1CCOCC1. The number of nitrogens with zero attached hydrogens (tertiary/aromatic N) is 3. The Kier molecular flexibility index (Phi) is 6.78. The Bertz CT molecular complexity index is 1350. The molecule has 35 heavy (non-hydrogen) atoms. The average Bonchev–Trinajstić information content (AvgIpc) is 3.29. The normalized spacial score (nSPS) is 14.3. The first-order chi connectivity index (χ1) is 17.1. The summed E-state index contributed by atoms with van der Waals surface area (Å²) in [5.41, 5.74) is 3.29. The summed E-state index contributed by atoms with van der Waals surface area (Å²) < 4.78 is 22.4. The number of aromatic nitrogens is 3. The molecular formula is C26H28N4O5. The largest absolute Gasteiger partial charge is 0.493 e. The Morgan fingerprint density at radius 1 is 1.11 bits per heavy atom. The van der Waals surface area contributed by atoms with Crippen molar-refractivity contribution in [2.45, 2.75) is 13.3 Å². The smallest absolute Gasteiger partial charge is 0.308 e. The molecule has 5 rings (SSSR count). The highest BCUT2D eigenvalue weighted by Crippen LogP contribution is 2.38. The second kappa shape index (κ2) is 10.3. The van der Waals surface area contributed by atoms with E-state index >= 15 is 0 Å². The number of H-pyrrole nitrogens is 1. The second-order valence-electron chi connectivity index (χ2n) is 8.40. The number of esters is 1. The zero-order chi connectivity index (χ0) is 24.2. The van der Waals surface area contributed by atoms with Crippen molar-refractivity contribution in [3.63, 3.8) is 0 Å². The van der Waals surface area contributed by atoms with E-state index in [2.05, 4.69) is 19.9 Å². The summed E-state index contributed by atoms with van der Waals surface area (Å²) in [6.07, 6.45) is 4.35. The predicted octanol–water partition coefficient (Wildman–Crippen LogP) is 3.81. The van der Waals surface area contributed by atoms with Crippen molar-refractivity contribution in [1.29, 1.82) is 0 Å². The Morgan fingerprint density at radius 2 is 1.97 bits per heavy atom. The summed E-state index contributed by atoms with van der Waals surface area (Å²) >= 11 is 0. The minimum atomic E-state index is -0.365. The number of nitrogens with one attached hydrogen (secondary N) is 1. The van der Waals surface area contributed by atoms with E-state index in [4.69, 9.17) is 18.9 Å². The first-order valence-electron chi connectivity index (χ1n) is 11.7. The second-order valence-corrected chi connectivity index (χ2v) is 8.40. The summed E-state index contributed by atoms with van der Waals surface area (Å²) in [5.74, 6) is 1.40. The van der Waals surface area contributed by atoms with Gasteiger partial charge in [-0.1, -0.05) is 0 Å². The minimum Gasteiger partial charge on any atom is -0.493 e. The van der Waals surface area contributed by atoms with Crippen LogP contribution in [0.4, 0.5) is 0 Å². The minimum absolute atomic E-state index is 0.365. The maximum Gasteiger partial charge on any atom is 0.308 e. The lowest BCUT2D eigenvalue weighted by molar-refractivity contribution is -0.131. The van der Waals surface area contributed by atoms with Gasteiger partial charge in [-0.15, -0.1) is 0 Å². The van der Waals surface area contributed by atoms with Gasteiger partial charge in [0.1, 0.15) is 12.1 Å². The molecule has 182 valence electrons. The zero-order valence-electron chi connectivity index (χ0n) is 19.9. The average molecular weight is 477 g/mol. The third kappa shape index (κ3) is 5.06. The van der Waals surface area contributed by atoms with E-state index in [-0.39, 0.29) is 5.97 Å². The topological polar surface area (TPSA) is 98.8 Å². The van der Waals surface area contributed by atoms with Gasteiger partial charge in [-0.05, 0) is 30.7 Å². The first kappa shape index (κ1) is 23.1. The van der Waals surface area contributed by atoms with Crippen molar-refractivity contribution in [1.82, 2.24) is 19.9 Å². The van der Waals surface area contributed by atoms with Gasteiger partial charge in [0.2, 0.25) is 0 Å². The Balaban J connectivity index is 1.42. The van der Waals surface area contributed by atoms with Crippen LogP contribution in [0.2, 0.25) is 0 Å². The summed E-state index contributed by atoms with van der Waals surface area (Å²) in [6, 6.07) is 9.28. The molecule has 2 aromatic carbocycles. The van der Waals surface area contributed by atoms with Crippen LogP contribution in [0.15, 0.2) is 42.9 Å². The van der Waals surface area contributed by atoms with E-state index in [0.29, 0.717) is 23.9 Å². The van der Waals surface area contributed by atoms with E-state index in [1.165, 1.54) is 6.92 Å². The van der Waals surface area contributed by atoms with Crippen molar-refractivity contribution in [2.24, 2.45) is 0 Å². The predicted molar refractivity (Wildman–Crippen MR) is 132 cm³/mol. The number of hydrogen-bond donors (Lipinski definition) is 1. The van der Waals surface area contributed by atoms with Gasteiger partial charge in [-0.2, -0.15) is 0 Å². The van der Waals surface area contributed by atoms with Crippen LogP contribution in [0.5, 0.6) is 17.2 Å². The molecular weight excluding hydrogens is 448 g/mol. The van der Waals surface area contributed by atoms with Gasteiger partial charge in [0, 0.05) is 60.7 Å². The third-order valence-electron chi connectivity index (χ3n) is 6.07. The molecule has 1 N–H and O–H groups in total. The lowest BCUT2D eigenvalue weighted by atomic mass is 10.0. The van der Waals surface area contributed by atoms with Crippen LogP contribution >= 0.6 is 0 Å². The van der Waals surface area contributed by atoms with Crippen molar-refractivity contribution in [3.05, 3.63) is 42.9 Å². The molecule has 1 aliphatic rings. The van der Waals surface area contributed by atoms with Gasteiger partial charge in [0.15, 0.2) is 11.5 Å². The van der Waals surface area contributed by atoms with Gasteiger partial charge in [-0.3, -0.25) is 9.69 Å². The van der Waals surface area contributed by atoms with E-state index in [1.54, 1.807) is 19.5 Å². The molecule has 0 unspecified atom stereocenters. The summed E-state index contributed by atoms with van der Waals surface area (Å²) in [7, 11) is 1.63. The number of carbonyl (C=O) groups excluding carboxylic acids is 1. The number of carbonyl (C=O) groups is 1. The molecule has 3 heterocycles. The van der Waals surface area contributed by atoms with Gasteiger partial charge in [0.05, 0.1) is 38.1 Å². The van der Waals surface area contributed by atoms with Crippen molar-refractivity contribution in [2.75, 3.05) is 46.6 Å². The number of morpholine rings is 1. The van der Waals surface area contributed by atoms with Crippen molar-refractivity contribution in [3.8, 4) is 28.5 Å². The van der Waals surface area contributed by atoms with Crippen LogP contribution in [0.25, 0.3) is 33.1 Å². The highest BCUT2D eigenvalue weighted by molar-refractivity contribution is 6.03. The molecule has 9 heteroatoms. The van der Waals surface area contributed by atoms with Gasteiger partial charge < -0.3 is 23.9 Å². The molecule has 1 saturated heterocycles. The fraction of sp³-hybridized carbons (Fsp3) is 0.346. The number of benzene rings is 2. The third-order valence-corrected chi connectivity index (χ3v) is 6.07. The molecule has 0 amide bonds. The van der Waals surface area contributed by atoms with Crippen molar-refractivity contribution < 1.29 is 23.7 Å². The molecule has 2 aromatic heterocycles. The van der Waals surface area contributed by atoms with Crippen molar-refractivity contribution >= 4 is 27.8 Å². The molecule has 0 aliphatic carbocycles. The maximum atomic E-state index is 11.4. The lowest BCUT2D eigenvalue weighted by Gasteiger charge is -2.26. The van der Waals surface area contributed by atoms with Crippen LogP contribution in [0, 0.1) is 0 Å². The molecule has 0 spiro atoms. The van der Waals surface area contributed by atoms with Gasteiger partial charge in [0.25, 0.3) is 0 Å². The molecule has 0 saturated carbocycles. The van der Waals surface area contributed by atoms with Crippen LogP contribution in [-0.4, -0.2) is 72.4 Å². The number of rotatable bonds is 8. The Labute approximate surface area is 203 Å². The lowest BCUT2D eigenvalue weighted by Crippen LogP contribution is -2.37. The number of ether oxygens (including phenoxy) is 4. The molecule has 0 radical (unpaired) electrons. The molecule has 1 fully saturated rings. The maximum absolute atomic E-state index is 11.4. The Morgan fingerprint density at radius 3 is 2.77 bits per heavy atom. The van der Waals surface area contributed by atoms with Crippen LogP contribution in [0.3, 0.4) is 0 Å². The Hall–Kier alpha value is -3.69. The summed E-state index contributed by atoms with van der Waals surface area (Å²) in [5, 5.41) is 1.73. The van der Waals surface area contributed by atoms with Gasteiger partial charge in [-0.25, -0.2) is 9.97 Å². The highest BCUT2D eigenvalue weighted by atomic mass is 16.5. The van der Waals surface area contributed by atoms with E-state index in [1.807, 2.05) is 30.5 Å². The van der Waals surface area contributed by atoms with Gasteiger partial charge >= 0.3 is 5.97 Å². The fourth-order valence-corrected chi connectivity index (χ4v) is 4.37. The number of fused-ring (bicyclic) bond motifs is 2. The summed E-state index contributed by atoms with van der Waals surface area (Å²) in [6.45, 7) is 6.46. The highest BCUT2D eigenvalue weighted by Gasteiger charge is 2.16. The van der Waals surface area contributed by atoms with E-state index < -0.39 is 0 Å². The number of hydrogen-bond acceptors (Lipinski definition) is 8. The molecule has 4 aromatic rings. The quantitative estimate of drug-likeness (QED) is 0.233. The number of methoxy groups -OCH3 is 1. The molecule has 0 atom stereocenters. The monoisotopic (exact) mass is 476 g/mol. The van der Waals surface area contributed by atoms with Crippen LogP contribution in [0.1, 0.15) is 13.3 Å². The van der Waals surface area contributed by atoms with Crippen LogP contribution in [-0.2, 0) is 9.53 Å². The molecule has 0 bridgehead atoms. The zero-order valence-corrected chi connectivity index (χ0v) is 19.9.